The first-order chi connectivity index (χ1) is 29.4. The highest BCUT2D eigenvalue weighted by molar-refractivity contribution is 7.80. The monoisotopic (exact) mass is 947 g/mol. The first-order valence-electron chi connectivity index (χ1n) is 19.1. The molecule has 0 radical (unpaired) electrons. The second-order valence-corrected chi connectivity index (χ2v) is 16.3. The van der Waals surface area contributed by atoms with Gasteiger partial charge in [-0.2, -0.15) is 8.42 Å². The molecule has 5 rings (SSSR count). The molecule has 16 N–H and O–H groups in total. The van der Waals surface area contributed by atoms with Gasteiger partial charge < -0.3 is 119 Å². The normalized spacial score (nSPS) is 48.7. The summed E-state index contributed by atoms with van der Waals surface area (Å²) in [5, 5.41) is 151. The van der Waals surface area contributed by atoms with Crippen LogP contribution in [0.25, 0.3) is 0 Å². The fourth-order valence-corrected chi connectivity index (χ4v) is 8.08. The van der Waals surface area contributed by atoms with E-state index < -0.39 is 196 Å². The van der Waals surface area contributed by atoms with Crippen molar-refractivity contribution in [1.82, 2.24) is 5.32 Å². The van der Waals surface area contributed by atoms with Crippen molar-refractivity contribution in [1.29, 1.82) is 0 Å². The van der Waals surface area contributed by atoms with Crippen LogP contribution in [0.3, 0.4) is 0 Å². The summed E-state index contributed by atoms with van der Waals surface area (Å²) in [5.41, 5.74) is 0. The molecule has 5 aliphatic heterocycles. The van der Waals surface area contributed by atoms with Crippen molar-refractivity contribution in [2.45, 2.75) is 167 Å². The smallest absolute Gasteiger partial charge is 0.397 e. The van der Waals surface area contributed by atoms with E-state index in [-0.39, 0.29) is 0 Å². The highest BCUT2D eigenvalue weighted by atomic mass is 32.3. The van der Waals surface area contributed by atoms with Crippen LogP contribution in [0.4, 0.5) is 0 Å². The Hall–Kier alpha value is -2.07. The molecule has 1 unspecified atom stereocenters. The van der Waals surface area contributed by atoms with Crippen molar-refractivity contribution in [3.63, 3.8) is 0 Å². The van der Waals surface area contributed by atoms with E-state index in [0.29, 0.717) is 0 Å². The van der Waals surface area contributed by atoms with Crippen LogP contribution in [-0.2, 0) is 66.8 Å². The molecule has 0 aromatic carbocycles. The summed E-state index contributed by atoms with van der Waals surface area (Å²) in [4.78, 5) is 23.9. The number of hydrogen-bond donors (Lipinski definition) is 16. The molecule has 25 atom stereocenters. The third-order valence-corrected chi connectivity index (χ3v) is 11.3. The fraction of sp³-hybridized carbons (Fsp3) is 0.938. The molecule has 0 aromatic heterocycles. The minimum absolute atomic E-state index is 0.778. The summed E-state index contributed by atoms with van der Waals surface area (Å²) in [6.45, 7) is -0.819. The van der Waals surface area contributed by atoms with Gasteiger partial charge in [-0.15, -0.1) is 0 Å². The number of amides is 1. The van der Waals surface area contributed by atoms with Crippen LogP contribution in [0.1, 0.15) is 13.8 Å². The molecule has 0 spiro atoms. The average Bonchev–Trinajstić information content (AvgIpc) is 3.21. The van der Waals surface area contributed by atoms with Crippen molar-refractivity contribution in [3.05, 3.63) is 0 Å². The minimum atomic E-state index is -5.49. The summed E-state index contributed by atoms with van der Waals surface area (Å²) in [7, 11) is -5.49. The number of nitrogens with one attached hydrogen (secondary N) is 1. The van der Waals surface area contributed by atoms with Gasteiger partial charge in [0.2, 0.25) is 5.91 Å². The summed E-state index contributed by atoms with van der Waals surface area (Å²) < 4.78 is 86.5. The Balaban J connectivity index is 1.46. The van der Waals surface area contributed by atoms with E-state index in [0.717, 1.165) is 6.92 Å². The molecule has 5 saturated heterocycles. The molecule has 0 bridgehead atoms. The molecule has 30 nitrogen and oxygen atoms in total. The van der Waals surface area contributed by atoms with Gasteiger partial charge in [0.25, 0.3) is 0 Å². The zero-order valence-corrected chi connectivity index (χ0v) is 33.7. The van der Waals surface area contributed by atoms with Crippen LogP contribution < -0.4 is 5.32 Å². The Kier molecular flexibility index (Phi) is 17.5. The number of aliphatic carboxylic acids is 1. The number of carbonyl (C=O) groups excluding carboxylic acids is 1. The number of ether oxygens (including phenoxy) is 9. The van der Waals surface area contributed by atoms with E-state index in [1.165, 1.54) is 6.92 Å². The maximum Gasteiger partial charge on any atom is 0.397 e. The molecule has 0 aromatic rings. The van der Waals surface area contributed by atoms with Gasteiger partial charge in [0, 0.05) is 6.92 Å². The van der Waals surface area contributed by atoms with Crippen LogP contribution in [0.5, 0.6) is 0 Å². The van der Waals surface area contributed by atoms with E-state index in [2.05, 4.69) is 9.50 Å². The Bertz CT molecular complexity index is 1630. The van der Waals surface area contributed by atoms with Gasteiger partial charge in [-0.3, -0.25) is 9.35 Å². The molecule has 31 heteroatoms. The highest BCUT2D eigenvalue weighted by Gasteiger charge is 2.58. The van der Waals surface area contributed by atoms with Crippen LogP contribution in [-0.4, -0.2) is 270 Å². The van der Waals surface area contributed by atoms with Gasteiger partial charge in [0.1, 0.15) is 110 Å². The summed E-state index contributed by atoms with van der Waals surface area (Å²) in [6.07, 6.45) is -49.3. The lowest BCUT2D eigenvalue weighted by molar-refractivity contribution is -0.401. The molecular formula is C32H53NO29S. The predicted octanol–water partition coefficient (Wildman–Crippen LogP) is -10.8. The van der Waals surface area contributed by atoms with Crippen molar-refractivity contribution >= 4 is 22.3 Å². The lowest BCUT2D eigenvalue weighted by Crippen LogP contribution is -2.70. The number of aliphatic hydroxyl groups is 13. The van der Waals surface area contributed by atoms with E-state index in [9.17, 15) is 94.1 Å². The predicted molar refractivity (Wildman–Crippen MR) is 188 cm³/mol. The third-order valence-electron chi connectivity index (χ3n) is 10.9. The molecule has 366 valence electrons. The average molecular weight is 948 g/mol. The van der Waals surface area contributed by atoms with Gasteiger partial charge in [0.05, 0.1) is 25.9 Å². The number of carboxylic acid groups (broad SMARTS) is 1. The number of carbonyl (C=O) groups is 2. The number of rotatable bonds is 15. The largest absolute Gasteiger partial charge is 0.479 e. The molecule has 5 heterocycles. The quantitative estimate of drug-likeness (QED) is 0.0678. The van der Waals surface area contributed by atoms with Gasteiger partial charge >= 0.3 is 16.4 Å². The second kappa shape index (κ2) is 21.3. The lowest BCUT2D eigenvalue weighted by Gasteiger charge is -2.50. The van der Waals surface area contributed by atoms with Crippen LogP contribution >= 0.6 is 0 Å². The molecule has 1 amide bonds. The van der Waals surface area contributed by atoms with Crippen molar-refractivity contribution in [3.8, 4) is 0 Å². The molecule has 5 aliphatic rings. The number of carboxylic acids is 1. The Labute approximate surface area is 355 Å². The summed E-state index contributed by atoms with van der Waals surface area (Å²) in [5.74, 6) is -2.75. The highest BCUT2D eigenvalue weighted by Crippen LogP contribution is 2.37. The van der Waals surface area contributed by atoms with Crippen molar-refractivity contribution in [2.24, 2.45) is 0 Å². The summed E-state index contributed by atoms with van der Waals surface area (Å²) >= 11 is 0. The molecule has 0 saturated carbocycles. The first-order valence-corrected chi connectivity index (χ1v) is 20.5. The maximum atomic E-state index is 12.1. The molecule has 5 fully saturated rings. The fourth-order valence-electron chi connectivity index (χ4n) is 7.58. The van der Waals surface area contributed by atoms with Gasteiger partial charge in [-0.1, -0.05) is 0 Å². The SMILES string of the molecule is CC(=O)N[C@H]1C(O)O[C@H](CO)[C@H](O)[C@@H]1O[C@@H]1O[C@H](CO)[C@H](O[C@@H]2O[C@H](CO)[C@H](O)[C@H](O[C@@H]3O[C@H](C(=O)O)[C@@H](O)[C@H](OS(=O)(=O)O)[C@H]3O)[C@H]2O)[C@H](O)[C@H]1O[C@@H]1O[C@@H](C)[C@@H](O)[C@@H](O)[C@@H]1O. The Morgan fingerprint density at radius 2 is 1.03 bits per heavy atom. The number of aliphatic hydroxyl groups excluding tert-OH is 13. The van der Waals surface area contributed by atoms with Crippen LogP contribution in [0, 0.1) is 0 Å². The second-order valence-electron chi connectivity index (χ2n) is 15.2. The van der Waals surface area contributed by atoms with E-state index in [4.69, 9.17) is 42.6 Å². The molecular weight excluding hydrogens is 894 g/mol. The van der Waals surface area contributed by atoms with Crippen molar-refractivity contribution < 1.29 is 141 Å². The third kappa shape index (κ3) is 11.4. The van der Waals surface area contributed by atoms with E-state index >= 15 is 0 Å². The van der Waals surface area contributed by atoms with Gasteiger partial charge in [-0.05, 0) is 6.92 Å². The van der Waals surface area contributed by atoms with Crippen molar-refractivity contribution in [2.75, 3.05) is 19.8 Å². The topological polar surface area (TPSA) is 476 Å². The molecule has 0 aliphatic carbocycles. The zero-order chi connectivity index (χ0) is 47.0. The van der Waals surface area contributed by atoms with E-state index in [1.54, 1.807) is 0 Å². The molecule has 63 heavy (non-hydrogen) atoms. The lowest BCUT2D eigenvalue weighted by atomic mass is 9.94. The maximum absolute atomic E-state index is 12.1. The van der Waals surface area contributed by atoms with Gasteiger partial charge in [-0.25, -0.2) is 8.98 Å². The summed E-state index contributed by atoms with van der Waals surface area (Å²) in [6, 6.07) is -1.63. The van der Waals surface area contributed by atoms with Crippen LogP contribution in [0.15, 0.2) is 0 Å². The van der Waals surface area contributed by atoms with Gasteiger partial charge in [0.15, 0.2) is 37.6 Å². The zero-order valence-electron chi connectivity index (χ0n) is 32.9. The minimum Gasteiger partial charge on any atom is -0.479 e. The number of hydrogen-bond acceptors (Lipinski definition) is 27. The van der Waals surface area contributed by atoms with Crippen LogP contribution in [0.2, 0.25) is 0 Å². The Morgan fingerprint density at radius 3 is 1.60 bits per heavy atom. The first kappa shape index (κ1) is 51.9. The van der Waals surface area contributed by atoms with E-state index in [1.807, 2.05) is 0 Å². The Morgan fingerprint density at radius 1 is 0.540 bits per heavy atom. The standard InChI is InChI=1S/C32H53NO29S/c1-6-12(38)15(41)16(42)29(53-6)61-26-17(43)21(10(5-36)56-32(26)58-22-11(33-7(2)37)28(49)54-8(3-34)13(22)39)57-30-19(45)23(14(40)9(4-35)55-30)59-31-20(46)24(62-63(50,51)52)18(44)25(60-31)27(47)48/h6,8-26,28-32,34-36,38-46,49H,3-5H2,1-2H3,(H,33,37)(H,47,48)(H,50,51,52)/t6-,8+,9+,10+,11+,12+,13-,14-,15+,16-,17-,18-,19+,20+,21-,22+,23-,24-,25-,26+,28?,29-,30-,31+,32-/m0/s1.